The molecule has 5 rings (SSSR count). The zero-order valence-corrected chi connectivity index (χ0v) is 18.9. The number of fused-ring (bicyclic) bond motifs is 1. The van der Waals surface area contributed by atoms with Gasteiger partial charge in [0.1, 0.15) is 11.6 Å². The average molecular weight is 450 g/mol. The molecule has 0 radical (unpaired) electrons. The highest BCUT2D eigenvalue weighted by atomic mass is 16.5. The van der Waals surface area contributed by atoms with Crippen molar-refractivity contribution in [1.29, 1.82) is 0 Å². The summed E-state index contributed by atoms with van der Waals surface area (Å²) in [5, 5.41) is 0. The number of hydrogen-bond acceptors (Lipinski definition) is 5. The molecule has 0 aliphatic carbocycles. The lowest BCUT2D eigenvalue weighted by molar-refractivity contribution is -0.143. The molecule has 1 atom stereocenters. The van der Waals surface area contributed by atoms with Crippen molar-refractivity contribution in [3.8, 4) is 28.3 Å². The van der Waals surface area contributed by atoms with Crippen molar-refractivity contribution in [1.82, 2.24) is 14.5 Å². The van der Waals surface area contributed by atoms with Crippen molar-refractivity contribution in [2.45, 2.75) is 6.04 Å². The molecule has 0 bridgehead atoms. The number of esters is 1. The third-order valence-corrected chi connectivity index (χ3v) is 5.78. The molecule has 6 nitrogen and oxygen atoms in total. The topological polar surface area (TPSA) is 66.2 Å². The number of nitrogens with zero attached hydrogens (tertiary/aromatic N) is 3. The number of hydrogen-bond donors (Lipinski definition) is 0. The molecule has 1 unspecified atom stereocenters. The van der Waals surface area contributed by atoms with E-state index in [4.69, 9.17) is 14.5 Å². The molecular weight excluding hydrogens is 426 g/mol. The summed E-state index contributed by atoms with van der Waals surface area (Å²) in [5.41, 5.74) is 4.84. The van der Waals surface area contributed by atoms with Crippen LogP contribution < -0.4 is 4.74 Å². The number of carbonyl (C=O) groups excluding carboxylic acids is 1. The van der Waals surface area contributed by atoms with Gasteiger partial charge in [-0.15, -0.1) is 0 Å². The maximum atomic E-state index is 13.2. The second-order valence-electron chi connectivity index (χ2n) is 7.81. The van der Waals surface area contributed by atoms with Crippen molar-refractivity contribution in [2.75, 3.05) is 14.2 Å². The highest BCUT2D eigenvalue weighted by molar-refractivity contribution is 5.87. The van der Waals surface area contributed by atoms with E-state index >= 15 is 0 Å². The molecule has 2 aromatic heterocycles. The van der Waals surface area contributed by atoms with Crippen LogP contribution in [0.1, 0.15) is 11.6 Å². The first kappa shape index (κ1) is 21.4. The summed E-state index contributed by atoms with van der Waals surface area (Å²) >= 11 is 0. The fourth-order valence-electron chi connectivity index (χ4n) is 4.13. The van der Waals surface area contributed by atoms with Crippen molar-refractivity contribution in [3.63, 3.8) is 0 Å². The van der Waals surface area contributed by atoms with Crippen LogP contribution in [-0.2, 0) is 9.53 Å². The van der Waals surface area contributed by atoms with E-state index in [0.29, 0.717) is 17.2 Å². The molecule has 6 heteroatoms. The smallest absolute Gasteiger partial charge is 0.333 e. The molecule has 0 aliphatic rings. The third kappa shape index (κ3) is 3.90. The summed E-state index contributed by atoms with van der Waals surface area (Å²) in [5.74, 6) is 0.911. The second kappa shape index (κ2) is 9.19. The number of rotatable bonds is 6. The molecule has 3 aromatic carbocycles. The highest BCUT2D eigenvalue weighted by Crippen LogP contribution is 2.34. The van der Waals surface area contributed by atoms with Gasteiger partial charge < -0.3 is 14.0 Å². The lowest BCUT2D eigenvalue weighted by atomic mass is 10.0. The normalized spacial score (nSPS) is 11.8. The molecule has 0 spiro atoms. The van der Waals surface area contributed by atoms with Gasteiger partial charge in [0.25, 0.3) is 0 Å². The highest BCUT2D eigenvalue weighted by Gasteiger charge is 2.29. The van der Waals surface area contributed by atoms with E-state index in [9.17, 15) is 4.79 Å². The Kier molecular flexibility index (Phi) is 5.79. The number of aromatic nitrogens is 3. The lowest BCUT2D eigenvalue weighted by Gasteiger charge is -2.20. The standard InChI is InChI=1S/C28H23N3O3/c1-33-23-15-9-14-21(16-23)27-30-26-24(17-22(18-29-26)19-10-5-3-6-11-19)31(27)25(28(32)34-2)20-12-7-4-8-13-20/h3-18,25H,1-2H3. The van der Waals surface area contributed by atoms with Crippen LogP contribution in [0.2, 0.25) is 0 Å². The van der Waals surface area contributed by atoms with Gasteiger partial charge in [0, 0.05) is 17.3 Å². The van der Waals surface area contributed by atoms with Gasteiger partial charge in [-0.3, -0.25) is 0 Å². The zero-order chi connectivity index (χ0) is 23.5. The van der Waals surface area contributed by atoms with Gasteiger partial charge in [-0.05, 0) is 29.3 Å². The number of benzene rings is 3. The Morgan fingerprint density at radius 1 is 0.824 bits per heavy atom. The Balaban J connectivity index is 1.82. The van der Waals surface area contributed by atoms with Gasteiger partial charge in [0.15, 0.2) is 11.7 Å². The van der Waals surface area contributed by atoms with Crippen LogP contribution in [0.5, 0.6) is 5.75 Å². The fraction of sp³-hybridized carbons (Fsp3) is 0.107. The van der Waals surface area contributed by atoms with E-state index in [1.807, 2.05) is 95.6 Å². The largest absolute Gasteiger partial charge is 0.497 e. The first-order chi connectivity index (χ1) is 16.7. The van der Waals surface area contributed by atoms with E-state index in [-0.39, 0.29) is 5.97 Å². The molecule has 0 amide bonds. The van der Waals surface area contributed by atoms with Crippen LogP contribution in [0, 0.1) is 0 Å². The van der Waals surface area contributed by atoms with Crippen molar-refractivity contribution < 1.29 is 14.3 Å². The van der Waals surface area contributed by atoms with Gasteiger partial charge in [0.2, 0.25) is 0 Å². The predicted octanol–water partition coefficient (Wildman–Crippen LogP) is 5.54. The summed E-state index contributed by atoms with van der Waals surface area (Å²) in [6.07, 6.45) is 1.81. The minimum absolute atomic E-state index is 0.389. The molecule has 0 saturated heterocycles. The number of carbonyl (C=O) groups is 1. The summed E-state index contributed by atoms with van der Waals surface area (Å²) in [6, 6.07) is 28.5. The Bertz CT molecular complexity index is 1450. The van der Waals surface area contributed by atoms with Crippen LogP contribution >= 0.6 is 0 Å². The van der Waals surface area contributed by atoms with Gasteiger partial charge in [0.05, 0.1) is 19.7 Å². The van der Waals surface area contributed by atoms with Gasteiger partial charge in [-0.1, -0.05) is 72.8 Å². The summed E-state index contributed by atoms with van der Waals surface area (Å²) in [4.78, 5) is 22.7. The van der Waals surface area contributed by atoms with Gasteiger partial charge >= 0.3 is 5.97 Å². The van der Waals surface area contributed by atoms with Crippen LogP contribution in [0.3, 0.4) is 0 Å². The quantitative estimate of drug-likeness (QED) is 0.319. The Labute approximate surface area is 197 Å². The number of methoxy groups -OCH3 is 2. The summed E-state index contributed by atoms with van der Waals surface area (Å²) in [7, 11) is 3.02. The van der Waals surface area contributed by atoms with Gasteiger partial charge in [-0.25, -0.2) is 14.8 Å². The lowest BCUT2D eigenvalue weighted by Crippen LogP contribution is -2.23. The van der Waals surface area contributed by atoms with E-state index in [1.54, 1.807) is 13.3 Å². The number of pyridine rings is 1. The predicted molar refractivity (Wildman–Crippen MR) is 132 cm³/mol. The van der Waals surface area contributed by atoms with Gasteiger partial charge in [-0.2, -0.15) is 0 Å². The van der Waals surface area contributed by atoms with Crippen molar-refractivity contribution in [2.24, 2.45) is 0 Å². The van der Waals surface area contributed by atoms with Crippen LogP contribution in [0.4, 0.5) is 0 Å². The van der Waals surface area contributed by atoms with Crippen LogP contribution in [-0.4, -0.2) is 34.7 Å². The monoisotopic (exact) mass is 449 g/mol. The first-order valence-electron chi connectivity index (χ1n) is 10.9. The number of ether oxygens (including phenoxy) is 2. The molecule has 5 aromatic rings. The molecule has 0 saturated carbocycles. The minimum atomic E-state index is -0.745. The molecule has 0 aliphatic heterocycles. The number of imidazole rings is 1. The first-order valence-corrected chi connectivity index (χ1v) is 10.9. The molecular formula is C28H23N3O3. The maximum Gasteiger partial charge on any atom is 0.333 e. The van der Waals surface area contributed by atoms with E-state index in [0.717, 1.165) is 27.8 Å². The summed E-state index contributed by atoms with van der Waals surface area (Å²) in [6.45, 7) is 0. The fourth-order valence-corrected chi connectivity index (χ4v) is 4.13. The van der Waals surface area contributed by atoms with Crippen LogP contribution in [0.25, 0.3) is 33.7 Å². The van der Waals surface area contributed by atoms with E-state index in [1.165, 1.54) is 7.11 Å². The zero-order valence-electron chi connectivity index (χ0n) is 18.9. The molecule has 0 fully saturated rings. The van der Waals surface area contributed by atoms with Crippen LogP contribution in [0.15, 0.2) is 97.2 Å². The summed E-state index contributed by atoms with van der Waals surface area (Å²) < 4.78 is 12.6. The molecule has 168 valence electrons. The van der Waals surface area contributed by atoms with Crippen molar-refractivity contribution in [3.05, 3.63) is 103 Å². The SMILES string of the molecule is COC(=O)C(c1ccccc1)n1c(-c2cccc(OC)c2)nc2ncc(-c3ccccc3)cc21. The van der Waals surface area contributed by atoms with Crippen molar-refractivity contribution >= 4 is 17.1 Å². The minimum Gasteiger partial charge on any atom is -0.497 e. The Morgan fingerprint density at radius 3 is 2.24 bits per heavy atom. The van der Waals surface area contributed by atoms with E-state index in [2.05, 4.69) is 4.98 Å². The Hall–Kier alpha value is -4.45. The maximum absolute atomic E-state index is 13.2. The Morgan fingerprint density at radius 2 is 1.53 bits per heavy atom. The second-order valence-corrected chi connectivity index (χ2v) is 7.81. The third-order valence-electron chi connectivity index (χ3n) is 5.78. The average Bonchev–Trinajstić information content (AvgIpc) is 3.28. The van der Waals surface area contributed by atoms with E-state index < -0.39 is 6.04 Å². The molecule has 34 heavy (non-hydrogen) atoms. The molecule has 0 N–H and O–H groups in total. The molecule has 2 heterocycles.